The van der Waals surface area contributed by atoms with Crippen LogP contribution in [0.3, 0.4) is 0 Å². The Morgan fingerprint density at radius 1 is 0.654 bits per heavy atom. The van der Waals surface area contributed by atoms with E-state index >= 15 is 0 Å². The van der Waals surface area contributed by atoms with Crippen molar-refractivity contribution in [3.8, 4) is 0 Å². The molecule has 0 aromatic carbocycles. The Balaban J connectivity index is 1.42. The number of unbranched alkanes of at least 4 members (excludes halogenated alkanes) is 1. The molecule has 26 heavy (non-hydrogen) atoms. The zero-order valence-corrected chi connectivity index (χ0v) is 18.7. The predicted molar refractivity (Wildman–Crippen MR) is 116 cm³/mol. The average Bonchev–Trinajstić information content (AvgIpc) is 2.57. The SMILES string of the molecule is CCCC[PH](Cl)(C12CC3CC(CC(C3)C1)C2)C12CC3CC(CC(C3)C1)C2. The summed E-state index contributed by atoms with van der Waals surface area (Å²) in [7, 11) is 0. The summed E-state index contributed by atoms with van der Waals surface area (Å²) in [6, 6.07) is 0. The van der Waals surface area contributed by atoms with Gasteiger partial charge in [0.2, 0.25) is 0 Å². The molecule has 8 fully saturated rings. The first-order valence-corrected chi connectivity index (χ1v) is 15.4. The average molecular weight is 395 g/mol. The maximum absolute atomic E-state index is 8.30. The van der Waals surface area contributed by atoms with E-state index in [1.807, 2.05) is 0 Å². The minimum atomic E-state index is -1.80. The first-order chi connectivity index (χ1) is 12.5. The van der Waals surface area contributed by atoms with E-state index in [1.165, 1.54) is 19.0 Å². The molecule has 8 rings (SSSR count). The van der Waals surface area contributed by atoms with E-state index in [9.17, 15) is 0 Å². The quantitative estimate of drug-likeness (QED) is 0.420. The van der Waals surface area contributed by atoms with Crippen molar-refractivity contribution in [1.29, 1.82) is 0 Å². The summed E-state index contributed by atoms with van der Waals surface area (Å²) in [5.74, 6) is 6.43. The standard InChI is InChI=1S/C24H40ClP/c1-2-3-4-26(25,23-11-17-5-18(12-23)7-19(6-17)13-23)24-14-20-8-21(15-24)10-22(9-20)16-24/h17-22,26H,2-16H2,1H3. The van der Waals surface area contributed by atoms with Crippen molar-refractivity contribution < 1.29 is 0 Å². The number of rotatable bonds is 5. The Morgan fingerprint density at radius 3 is 1.23 bits per heavy atom. The number of halogens is 1. The van der Waals surface area contributed by atoms with E-state index in [2.05, 4.69) is 6.92 Å². The summed E-state index contributed by atoms with van der Waals surface area (Å²) in [5, 5.41) is 1.31. The third-order valence-corrected chi connectivity index (χ3v) is 19.2. The summed E-state index contributed by atoms with van der Waals surface area (Å²) in [6.45, 7) is 0.607. The predicted octanol–water partition coefficient (Wildman–Crippen LogP) is 7.63. The fraction of sp³-hybridized carbons (Fsp3) is 1.00. The molecule has 2 heteroatoms. The van der Waals surface area contributed by atoms with Crippen molar-refractivity contribution in [3.63, 3.8) is 0 Å². The zero-order valence-electron chi connectivity index (χ0n) is 16.9. The van der Waals surface area contributed by atoms with Gasteiger partial charge in [0.25, 0.3) is 0 Å². The van der Waals surface area contributed by atoms with Crippen molar-refractivity contribution in [2.45, 2.75) is 107 Å². The Morgan fingerprint density at radius 2 is 0.962 bits per heavy atom. The van der Waals surface area contributed by atoms with Gasteiger partial charge in [0, 0.05) is 0 Å². The van der Waals surface area contributed by atoms with Gasteiger partial charge in [-0.05, 0) is 0 Å². The first-order valence-electron chi connectivity index (χ1n) is 12.2. The third-order valence-electron chi connectivity index (χ3n) is 10.6. The van der Waals surface area contributed by atoms with Crippen LogP contribution in [0.25, 0.3) is 0 Å². The monoisotopic (exact) mass is 394 g/mol. The molecule has 0 unspecified atom stereocenters. The number of hydrogen-bond donors (Lipinski definition) is 0. The Bertz CT molecular complexity index is 466. The minimum absolute atomic E-state index is 0.657. The van der Waals surface area contributed by atoms with Crippen LogP contribution >= 0.6 is 17.9 Å². The molecule has 0 saturated heterocycles. The van der Waals surface area contributed by atoms with Crippen LogP contribution in [0.15, 0.2) is 0 Å². The molecule has 8 aliphatic carbocycles. The van der Waals surface area contributed by atoms with E-state index < -0.39 is 6.62 Å². The molecule has 8 saturated carbocycles. The molecule has 0 amide bonds. The fourth-order valence-electron chi connectivity index (χ4n) is 10.7. The third kappa shape index (κ3) is 2.30. The summed E-state index contributed by atoms with van der Waals surface area (Å²) >= 11 is 8.30. The molecule has 148 valence electrons. The Kier molecular flexibility index (Phi) is 3.97. The van der Waals surface area contributed by atoms with Gasteiger partial charge in [-0.25, -0.2) is 0 Å². The summed E-state index contributed by atoms with van der Waals surface area (Å²) in [6.07, 6.45) is 23.2. The molecule has 0 radical (unpaired) electrons. The van der Waals surface area contributed by atoms with Crippen LogP contribution in [0, 0.1) is 35.5 Å². The van der Waals surface area contributed by atoms with E-state index in [4.69, 9.17) is 11.2 Å². The Labute approximate surface area is 166 Å². The molecule has 8 aliphatic rings. The summed E-state index contributed by atoms with van der Waals surface area (Å²) < 4.78 is 0. The topological polar surface area (TPSA) is 0 Å². The Hall–Kier alpha value is 0.720. The normalized spacial score (nSPS) is 54.8. The molecule has 0 N–H and O–H groups in total. The van der Waals surface area contributed by atoms with Gasteiger partial charge in [-0.2, -0.15) is 0 Å². The number of hydrogen-bond acceptors (Lipinski definition) is 0. The van der Waals surface area contributed by atoms with E-state index in [0.717, 1.165) is 35.5 Å². The van der Waals surface area contributed by atoms with Crippen LogP contribution < -0.4 is 0 Å². The van der Waals surface area contributed by atoms with Crippen molar-refractivity contribution >= 4 is 17.9 Å². The molecule has 0 heterocycles. The molecular formula is C24H40ClP. The van der Waals surface area contributed by atoms with Crippen molar-refractivity contribution in [2.24, 2.45) is 35.5 Å². The van der Waals surface area contributed by atoms with Gasteiger partial charge in [-0.3, -0.25) is 0 Å². The van der Waals surface area contributed by atoms with Gasteiger partial charge in [0.15, 0.2) is 0 Å². The summed E-state index contributed by atoms with van der Waals surface area (Å²) in [4.78, 5) is 0. The molecule has 0 atom stereocenters. The summed E-state index contributed by atoms with van der Waals surface area (Å²) in [5.41, 5.74) is 0. The van der Waals surface area contributed by atoms with Crippen LogP contribution in [0.2, 0.25) is 0 Å². The fourth-order valence-corrected chi connectivity index (χ4v) is 19.2. The maximum atomic E-state index is 8.30. The van der Waals surface area contributed by atoms with Crippen LogP contribution in [0.4, 0.5) is 0 Å². The van der Waals surface area contributed by atoms with E-state index in [0.29, 0.717) is 10.3 Å². The van der Waals surface area contributed by atoms with Gasteiger partial charge < -0.3 is 0 Å². The molecular weight excluding hydrogens is 355 g/mol. The zero-order chi connectivity index (χ0) is 17.6. The molecule has 0 nitrogen and oxygen atoms in total. The van der Waals surface area contributed by atoms with Crippen LogP contribution in [0.1, 0.15) is 96.8 Å². The van der Waals surface area contributed by atoms with Gasteiger partial charge >= 0.3 is 167 Å². The van der Waals surface area contributed by atoms with Gasteiger partial charge in [0.1, 0.15) is 0 Å². The first kappa shape index (κ1) is 17.6. The van der Waals surface area contributed by atoms with Crippen molar-refractivity contribution in [2.75, 3.05) is 6.16 Å². The van der Waals surface area contributed by atoms with Crippen LogP contribution in [-0.2, 0) is 0 Å². The van der Waals surface area contributed by atoms with Crippen LogP contribution in [-0.4, -0.2) is 16.5 Å². The van der Waals surface area contributed by atoms with Crippen molar-refractivity contribution in [1.82, 2.24) is 0 Å². The van der Waals surface area contributed by atoms with Gasteiger partial charge in [-0.1, -0.05) is 0 Å². The van der Waals surface area contributed by atoms with E-state index in [1.54, 1.807) is 77.0 Å². The van der Waals surface area contributed by atoms with Gasteiger partial charge in [-0.15, -0.1) is 0 Å². The second-order valence-electron chi connectivity index (χ2n) is 12.3. The molecule has 0 aromatic rings. The second-order valence-corrected chi connectivity index (χ2v) is 18.5. The molecule has 0 aromatic heterocycles. The molecule has 0 aliphatic heterocycles. The second kappa shape index (κ2) is 5.88. The molecule has 0 spiro atoms. The molecule has 8 bridgehead atoms. The van der Waals surface area contributed by atoms with Crippen LogP contribution in [0.5, 0.6) is 0 Å². The van der Waals surface area contributed by atoms with E-state index in [-0.39, 0.29) is 0 Å². The van der Waals surface area contributed by atoms with Gasteiger partial charge in [0.05, 0.1) is 0 Å². The van der Waals surface area contributed by atoms with Crippen molar-refractivity contribution in [3.05, 3.63) is 0 Å².